The number of hydrogen-bond donors (Lipinski definition) is 1. The predicted octanol–water partition coefficient (Wildman–Crippen LogP) is 2.17. The third-order valence-corrected chi connectivity index (χ3v) is 4.08. The van der Waals surface area contributed by atoms with Gasteiger partial charge in [0.1, 0.15) is 0 Å². The molecule has 0 spiro atoms. The van der Waals surface area contributed by atoms with Crippen molar-refractivity contribution in [3.8, 4) is 0 Å². The van der Waals surface area contributed by atoms with Crippen LogP contribution >= 0.6 is 0 Å². The van der Waals surface area contributed by atoms with Crippen molar-refractivity contribution in [1.29, 1.82) is 0 Å². The summed E-state index contributed by atoms with van der Waals surface area (Å²) in [6.07, 6.45) is 3.24. The molecule has 0 saturated carbocycles. The molecule has 0 radical (unpaired) electrons. The van der Waals surface area contributed by atoms with E-state index in [1.165, 1.54) is 0 Å². The van der Waals surface area contributed by atoms with Crippen LogP contribution in [0.2, 0.25) is 0 Å². The van der Waals surface area contributed by atoms with Crippen molar-refractivity contribution in [2.75, 3.05) is 5.32 Å². The number of aryl methyl sites for hydroxylation is 2. The molecule has 0 bridgehead atoms. The van der Waals surface area contributed by atoms with Gasteiger partial charge in [-0.15, -0.1) is 5.10 Å². The zero-order valence-corrected chi connectivity index (χ0v) is 14.4. The van der Waals surface area contributed by atoms with E-state index >= 15 is 0 Å². The minimum atomic E-state index is -0.327. The number of fused-ring (bicyclic) bond motifs is 1. The maximum Gasteiger partial charge on any atom is 0.277 e. The molecule has 1 amide bonds. The molecule has 3 aromatic heterocycles. The molecule has 4 rings (SSSR count). The first-order chi connectivity index (χ1) is 12.6. The highest BCUT2D eigenvalue weighted by atomic mass is 16.2. The smallest absolute Gasteiger partial charge is 0.277 e. The topological polar surface area (TPSA) is 90.5 Å². The van der Waals surface area contributed by atoms with Crippen LogP contribution in [-0.4, -0.2) is 35.7 Å². The Bertz CT molecular complexity index is 1080. The summed E-state index contributed by atoms with van der Waals surface area (Å²) in [7, 11) is 1.84. The van der Waals surface area contributed by atoms with Gasteiger partial charge in [0.2, 0.25) is 0 Å². The highest BCUT2D eigenvalue weighted by molar-refractivity contribution is 6.03. The van der Waals surface area contributed by atoms with Crippen LogP contribution < -0.4 is 5.32 Å². The molecule has 4 aromatic rings. The quantitative estimate of drug-likeness (QED) is 0.611. The van der Waals surface area contributed by atoms with E-state index in [0.717, 1.165) is 22.3 Å². The minimum absolute atomic E-state index is 0.254. The predicted molar refractivity (Wildman–Crippen MR) is 96.8 cm³/mol. The summed E-state index contributed by atoms with van der Waals surface area (Å²) in [4.78, 5) is 16.8. The normalized spacial score (nSPS) is 11.0. The molecule has 26 heavy (non-hydrogen) atoms. The van der Waals surface area contributed by atoms with E-state index in [4.69, 9.17) is 0 Å². The van der Waals surface area contributed by atoms with Crippen LogP contribution in [0.15, 0.2) is 48.8 Å². The average molecular weight is 347 g/mol. The fourth-order valence-corrected chi connectivity index (χ4v) is 2.82. The lowest BCUT2D eigenvalue weighted by Gasteiger charge is -2.03. The lowest BCUT2D eigenvalue weighted by atomic mass is 10.2. The van der Waals surface area contributed by atoms with Gasteiger partial charge in [0.15, 0.2) is 11.3 Å². The summed E-state index contributed by atoms with van der Waals surface area (Å²) in [5.74, 6) is -0.327. The Labute approximate surface area is 149 Å². The number of aromatic nitrogens is 6. The minimum Gasteiger partial charge on any atom is -0.319 e. The van der Waals surface area contributed by atoms with Crippen LogP contribution in [0.4, 0.5) is 5.69 Å². The van der Waals surface area contributed by atoms with Crippen LogP contribution in [0.5, 0.6) is 0 Å². The van der Waals surface area contributed by atoms with Crippen molar-refractivity contribution >= 4 is 22.6 Å². The fraction of sp³-hybridized carbons (Fsp3) is 0.167. The SMILES string of the molecule is Cc1nn(C)c2ncc(NC(=O)c3cn(Cc4ccccc4)nn3)cc12. The molecule has 1 aromatic carbocycles. The summed E-state index contributed by atoms with van der Waals surface area (Å²) in [5, 5.41) is 16.0. The van der Waals surface area contributed by atoms with E-state index in [1.807, 2.05) is 50.4 Å². The molecule has 0 aliphatic heterocycles. The molecular weight excluding hydrogens is 330 g/mol. The first-order valence-electron chi connectivity index (χ1n) is 8.15. The largest absolute Gasteiger partial charge is 0.319 e. The lowest BCUT2D eigenvalue weighted by molar-refractivity contribution is 0.102. The Morgan fingerprint density at radius 1 is 1.23 bits per heavy atom. The van der Waals surface area contributed by atoms with E-state index in [2.05, 4.69) is 25.7 Å². The molecule has 0 aliphatic carbocycles. The van der Waals surface area contributed by atoms with E-state index in [9.17, 15) is 4.79 Å². The summed E-state index contributed by atoms with van der Waals surface area (Å²) in [6, 6.07) is 11.7. The van der Waals surface area contributed by atoms with Crippen molar-refractivity contribution in [3.63, 3.8) is 0 Å². The number of carbonyl (C=O) groups excluding carboxylic acids is 1. The van der Waals surface area contributed by atoms with E-state index in [-0.39, 0.29) is 11.6 Å². The number of nitrogens with zero attached hydrogens (tertiary/aromatic N) is 6. The first kappa shape index (κ1) is 15.9. The third kappa shape index (κ3) is 3.04. The van der Waals surface area contributed by atoms with Crippen LogP contribution in [-0.2, 0) is 13.6 Å². The van der Waals surface area contributed by atoms with Crippen molar-refractivity contribution in [1.82, 2.24) is 29.8 Å². The molecule has 0 atom stereocenters. The van der Waals surface area contributed by atoms with Gasteiger partial charge < -0.3 is 5.32 Å². The van der Waals surface area contributed by atoms with Crippen LogP contribution in [0, 0.1) is 6.92 Å². The van der Waals surface area contributed by atoms with Crippen LogP contribution in [0.25, 0.3) is 11.0 Å². The molecule has 3 heterocycles. The number of benzene rings is 1. The maximum atomic E-state index is 12.4. The van der Waals surface area contributed by atoms with Crippen LogP contribution in [0.3, 0.4) is 0 Å². The highest BCUT2D eigenvalue weighted by Gasteiger charge is 2.13. The monoisotopic (exact) mass is 347 g/mol. The molecule has 1 N–H and O–H groups in total. The number of hydrogen-bond acceptors (Lipinski definition) is 5. The molecule has 8 nitrogen and oxygen atoms in total. The number of nitrogens with one attached hydrogen (secondary N) is 1. The number of amides is 1. The molecule has 0 saturated heterocycles. The highest BCUT2D eigenvalue weighted by Crippen LogP contribution is 2.19. The van der Waals surface area contributed by atoms with Gasteiger partial charge >= 0.3 is 0 Å². The molecular formula is C18H17N7O. The van der Waals surface area contributed by atoms with Crippen molar-refractivity contribution < 1.29 is 4.79 Å². The third-order valence-electron chi connectivity index (χ3n) is 4.08. The van der Waals surface area contributed by atoms with Gasteiger partial charge in [0.25, 0.3) is 5.91 Å². The van der Waals surface area contributed by atoms with Gasteiger partial charge in [0.05, 0.1) is 30.3 Å². The molecule has 0 fully saturated rings. The molecule has 0 aliphatic rings. The fourth-order valence-electron chi connectivity index (χ4n) is 2.82. The summed E-state index contributed by atoms with van der Waals surface area (Å²) in [6.45, 7) is 2.47. The number of rotatable bonds is 4. The van der Waals surface area contributed by atoms with Crippen molar-refractivity contribution in [3.05, 3.63) is 65.7 Å². The van der Waals surface area contributed by atoms with Gasteiger partial charge in [-0.05, 0) is 18.6 Å². The second-order valence-corrected chi connectivity index (χ2v) is 6.05. The van der Waals surface area contributed by atoms with E-state index in [1.54, 1.807) is 21.8 Å². The Balaban J connectivity index is 1.51. The lowest BCUT2D eigenvalue weighted by Crippen LogP contribution is -2.12. The molecule has 0 unspecified atom stereocenters. The summed E-state index contributed by atoms with van der Waals surface area (Å²) < 4.78 is 3.35. The number of pyridine rings is 1. The van der Waals surface area contributed by atoms with Gasteiger partial charge in [-0.1, -0.05) is 35.5 Å². The number of carbonyl (C=O) groups is 1. The van der Waals surface area contributed by atoms with Gasteiger partial charge in [0, 0.05) is 12.4 Å². The van der Waals surface area contributed by atoms with E-state index in [0.29, 0.717) is 12.2 Å². The maximum absolute atomic E-state index is 12.4. The zero-order valence-electron chi connectivity index (χ0n) is 14.4. The average Bonchev–Trinajstić information content (AvgIpc) is 3.21. The number of anilines is 1. The molecule has 8 heteroatoms. The summed E-state index contributed by atoms with van der Waals surface area (Å²) >= 11 is 0. The van der Waals surface area contributed by atoms with Gasteiger partial charge in [-0.2, -0.15) is 5.10 Å². The summed E-state index contributed by atoms with van der Waals surface area (Å²) in [5.41, 5.74) is 3.57. The van der Waals surface area contributed by atoms with Gasteiger partial charge in [-0.3, -0.25) is 9.48 Å². The van der Waals surface area contributed by atoms with Gasteiger partial charge in [-0.25, -0.2) is 9.67 Å². The Morgan fingerprint density at radius 3 is 2.85 bits per heavy atom. The zero-order chi connectivity index (χ0) is 18.1. The Hall–Kier alpha value is -3.55. The second kappa shape index (κ2) is 6.40. The Kier molecular flexibility index (Phi) is 3.92. The standard InChI is InChI=1S/C18H17N7O/c1-12-15-8-14(9-19-17(15)24(2)22-12)20-18(26)16-11-25(23-21-16)10-13-6-4-3-5-7-13/h3-9,11H,10H2,1-2H3,(H,20,26). The van der Waals surface area contributed by atoms with Crippen LogP contribution in [0.1, 0.15) is 21.7 Å². The second-order valence-electron chi connectivity index (χ2n) is 6.05. The first-order valence-corrected chi connectivity index (χ1v) is 8.15. The van der Waals surface area contributed by atoms with E-state index < -0.39 is 0 Å². The molecule has 130 valence electrons. The van der Waals surface area contributed by atoms with Crippen molar-refractivity contribution in [2.45, 2.75) is 13.5 Å². The van der Waals surface area contributed by atoms with Crippen molar-refractivity contribution in [2.24, 2.45) is 7.05 Å². The Morgan fingerprint density at radius 2 is 2.04 bits per heavy atom.